The van der Waals surface area contributed by atoms with Gasteiger partial charge in [0.05, 0.1) is 5.69 Å². The summed E-state index contributed by atoms with van der Waals surface area (Å²) in [5.74, 6) is 0.465. The van der Waals surface area contributed by atoms with Gasteiger partial charge in [0.15, 0.2) is 5.76 Å². The minimum absolute atomic E-state index is 0.209. The Labute approximate surface area is 150 Å². The van der Waals surface area contributed by atoms with E-state index in [1.807, 2.05) is 6.92 Å². The molecule has 0 aliphatic heterocycles. The van der Waals surface area contributed by atoms with Crippen molar-refractivity contribution >= 4 is 27.3 Å². The van der Waals surface area contributed by atoms with Crippen LogP contribution in [0.15, 0.2) is 50.4 Å². The number of amides is 1. The quantitative estimate of drug-likeness (QED) is 0.707. The number of benzene rings is 1. The number of furan rings is 1. The lowest BCUT2D eigenvalue weighted by Crippen LogP contribution is -2.12. The molecule has 0 aliphatic rings. The van der Waals surface area contributed by atoms with E-state index in [0.717, 1.165) is 5.56 Å². The molecule has 26 heavy (non-hydrogen) atoms. The third kappa shape index (κ3) is 3.62. The Hall–Kier alpha value is -3.07. The number of sulfonamides is 1. The molecule has 2 heterocycles. The molecule has 0 saturated heterocycles. The zero-order valence-electron chi connectivity index (χ0n) is 14.4. The van der Waals surface area contributed by atoms with E-state index in [9.17, 15) is 13.2 Å². The number of nitrogens with one attached hydrogen (secondary N) is 2. The zero-order valence-corrected chi connectivity index (χ0v) is 15.2. The summed E-state index contributed by atoms with van der Waals surface area (Å²) in [4.78, 5) is 11.0. The Kier molecular flexibility index (Phi) is 4.56. The Bertz CT molecular complexity index is 1050. The first-order valence-electron chi connectivity index (χ1n) is 7.70. The zero-order chi connectivity index (χ0) is 18.9. The van der Waals surface area contributed by atoms with Gasteiger partial charge in [-0.3, -0.25) is 9.52 Å². The third-order valence-electron chi connectivity index (χ3n) is 3.68. The second-order valence-corrected chi connectivity index (χ2v) is 7.32. The smallest absolute Gasteiger partial charge is 0.295 e. The fourth-order valence-corrected chi connectivity index (χ4v) is 3.26. The number of rotatable bonds is 5. The van der Waals surface area contributed by atoms with Gasteiger partial charge < -0.3 is 14.3 Å². The summed E-state index contributed by atoms with van der Waals surface area (Å²) >= 11 is 0. The second-order valence-electron chi connectivity index (χ2n) is 5.70. The molecule has 0 saturated carbocycles. The number of anilines is 2. The molecule has 136 valence electrons. The van der Waals surface area contributed by atoms with E-state index in [4.69, 9.17) is 8.94 Å². The summed E-state index contributed by atoms with van der Waals surface area (Å²) in [5.41, 5.74) is 2.39. The van der Waals surface area contributed by atoms with Crippen LogP contribution in [-0.2, 0) is 14.8 Å². The van der Waals surface area contributed by atoms with Crippen molar-refractivity contribution in [2.75, 3.05) is 10.0 Å². The summed E-state index contributed by atoms with van der Waals surface area (Å²) < 4.78 is 38.0. The highest BCUT2D eigenvalue weighted by Gasteiger charge is 2.22. The van der Waals surface area contributed by atoms with Crippen molar-refractivity contribution in [2.45, 2.75) is 25.9 Å². The van der Waals surface area contributed by atoms with Gasteiger partial charge in [0.2, 0.25) is 16.8 Å². The molecule has 0 aliphatic carbocycles. The van der Waals surface area contributed by atoms with Gasteiger partial charge >= 0.3 is 0 Å². The van der Waals surface area contributed by atoms with Crippen LogP contribution in [-0.4, -0.2) is 19.5 Å². The normalized spacial score (nSPS) is 11.3. The van der Waals surface area contributed by atoms with Crippen LogP contribution in [0.1, 0.15) is 18.2 Å². The molecule has 1 aromatic carbocycles. The van der Waals surface area contributed by atoms with Crippen LogP contribution in [0.4, 0.5) is 11.4 Å². The fraction of sp³-hybridized carbons (Fsp3) is 0.176. The standard InChI is InChI=1S/C17H17N3O5S/c1-10-11(2)19-25-17(10)15-8-9-16(24-15)26(22,23)20-14-6-4-13(5-7-14)18-12(3)21/h4-9,20H,1-3H3,(H,18,21). The molecule has 3 aromatic rings. The Morgan fingerprint density at radius 2 is 1.69 bits per heavy atom. The summed E-state index contributed by atoms with van der Waals surface area (Å²) in [7, 11) is -3.91. The van der Waals surface area contributed by atoms with Crippen LogP contribution < -0.4 is 10.0 Å². The number of nitrogens with zero attached hydrogens (tertiary/aromatic N) is 1. The number of aryl methyl sites for hydroxylation is 1. The third-order valence-corrected chi connectivity index (χ3v) is 4.94. The summed E-state index contributed by atoms with van der Waals surface area (Å²) in [6.45, 7) is 4.99. The lowest BCUT2D eigenvalue weighted by Gasteiger charge is -2.07. The van der Waals surface area contributed by atoms with Gasteiger partial charge in [0.25, 0.3) is 10.0 Å². The number of carbonyl (C=O) groups excluding carboxylic acids is 1. The number of hydrogen-bond acceptors (Lipinski definition) is 6. The van der Waals surface area contributed by atoms with Gasteiger partial charge in [-0.2, -0.15) is 8.42 Å². The molecular weight excluding hydrogens is 358 g/mol. The second kappa shape index (κ2) is 6.68. The fourth-order valence-electron chi connectivity index (χ4n) is 2.26. The molecule has 0 radical (unpaired) electrons. The number of aromatic nitrogens is 1. The topological polar surface area (TPSA) is 114 Å². The van der Waals surface area contributed by atoms with Crippen molar-refractivity contribution in [2.24, 2.45) is 0 Å². The molecule has 2 N–H and O–H groups in total. The van der Waals surface area contributed by atoms with E-state index in [1.54, 1.807) is 19.1 Å². The molecule has 0 fully saturated rings. The van der Waals surface area contributed by atoms with Crippen LogP contribution in [0.5, 0.6) is 0 Å². The molecule has 8 nitrogen and oxygen atoms in total. The Balaban J connectivity index is 1.80. The average molecular weight is 375 g/mol. The van der Waals surface area contributed by atoms with E-state index >= 15 is 0 Å². The number of carbonyl (C=O) groups is 1. The van der Waals surface area contributed by atoms with Crippen molar-refractivity contribution < 1.29 is 22.2 Å². The largest absolute Gasteiger partial charge is 0.439 e. The van der Waals surface area contributed by atoms with Gasteiger partial charge in [-0.05, 0) is 50.2 Å². The maximum absolute atomic E-state index is 12.5. The summed E-state index contributed by atoms with van der Waals surface area (Å²) in [6, 6.07) is 9.12. The SMILES string of the molecule is CC(=O)Nc1ccc(NS(=O)(=O)c2ccc(-c3onc(C)c3C)o2)cc1. The van der Waals surface area contributed by atoms with E-state index in [2.05, 4.69) is 15.2 Å². The molecule has 1 amide bonds. The molecule has 0 bridgehead atoms. The Morgan fingerprint density at radius 3 is 2.27 bits per heavy atom. The maximum Gasteiger partial charge on any atom is 0.295 e. The van der Waals surface area contributed by atoms with Crippen LogP contribution in [0.3, 0.4) is 0 Å². The minimum Gasteiger partial charge on any atom is -0.439 e. The van der Waals surface area contributed by atoms with E-state index in [-0.39, 0.29) is 16.8 Å². The molecule has 2 aromatic heterocycles. The molecule has 0 atom stereocenters. The van der Waals surface area contributed by atoms with E-state index in [0.29, 0.717) is 22.8 Å². The number of hydrogen-bond donors (Lipinski definition) is 2. The lowest BCUT2D eigenvalue weighted by molar-refractivity contribution is -0.114. The molecule has 0 unspecified atom stereocenters. The molecule has 9 heteroatoms. The monoisotopic (exact) mass is 375 g/mol. The highest BCUT2D eigenvalue weighted by Crippen LogP contribution is 2.29. The van der Waals surface area contributed by atoms with Gasteiger partial charge in [-0.1, -0.05) is 5.16 Å². The maximum atomic E-state index is 12.5. The lowest BCUT2D eigenvalue weighted by atomic mass is 10.2. The summed E-state index contributed by atoms with van der Waals surface area (Å²) in [5, 5.41) is 6.19. The van der Waals surface area contributed by atoms with Crippen LogP contribution in [0, 0.1) is 13.8 Å². The molecule has 0 spiro atoms. The van der Waals surface area contributed by atoms with Crippen LogP contribution in [0.2, 0.25) is 0 Å². The average Bonchev–Trinajstić information content (AvgIpc) is 3.17. The first-order chi connectivity index (χ1) is 12.3. The first-order valence-corrected chi connectivity index (χ1v) is 9.18. The van der Waals surface area contributed by atoms with Crippen molar-refractivity contribution in [1.82, 2.24) is 5.16 Å². The molecular formula is C17H17N3O5S. The Morgan fingerprint density at radius 1 is 1.04 bits per heavy atom. The highest BCUT2D eigenvalue weighted by molar-refractivity contribution is 7.92. The van der Waals surface area contributed by atoms with Crippen LogP contribution in [0.25, 0.3) is 11.5 Å². The minimum atomic E-state index is -3.91. The first kappa shape index (κ1) is 17.7. The van der Waals surface area contributed by atoms with Gasteiger partial charge in [0.1, 0.15) is 0 Å². The van der Waals surface area contributed by atoms with Crippen molar-refractivity contribution in [3.05, 3.63) is 47.7 Å². The van der Waals surface area contributed by atoms with Crippen molar-refractivity contribution in [3.8, 4) is 11.5 Å². The highest BCUT2D eigenvalue weighted by atomic mass is 32.2. The summed E-state index contributed by atoms with van der Waals surface area (Å²) in [6.07, 6.45) is 0. The van der Waals surface area contributed by atoms with Crippen LogP contribution >= 0.6 is 0 Å². The van der Waals surface area contributed by atoms with Crippen molar-refractivity contribution in [1.29, 1.82) is 0 Å². The van der Waals surface area contributed by atoms with Gasteiger partial charge in [-0.15, -0.1) is 0 Å². The predicted octanol–water partition coefficient (Wildman–Crippen LogP) is 3.31. The van der Waals surface area contributed by atoms with E-state index < -0.39 is 10.0 Å². The van der Waals surface area contributed by atoms with Crippen molar-refractivity contribution in [3.63, 3.8) is 0 Å². The van der Waals surface area contributed by atoms with Gasteiger partial charge in [0, 0.05) is 23.9 Å². The van der Waals surface area contributed by atoms with E-state index in [1.165, 1.54) is 31.2 Å². The van der Waals surface area contributed by atoms with Gasteiger partial charge in [-0.25, -0.2) is 0 Å². The predicted molar refractivity (Wildman–Crippen MR) is 95.2 cm³/mol. The molecule has 3 rings (SSSR count).